The van der Waals surface area contributed by atoms with Gasteiger partial charge < -0.3 is 0 Å². The van der Waals surface area contributed by atoms with E-state index in [-0.39, 0.29) is 5.82 Å². The van der Waals surface area contributed by atoms with E-state index in [1.165, 1.54) is 63.4 Å². The van der Waals surface area contributed by atoms with Gasteiger partial charge in [0, 0.05) is 0 Å². The molecule has 1 aliphatic rings. The molecule has 1 aromatic rings. The molecule has 0 heterocycles. The fourth-order valence-corrected chi connectivity index (χ4v) is 3.72. The van der Waals surface area contributed by atoms with Crippen LogP contribution in [0.15, 0.2) is 18.2 Å². The second kappa shape index (κ2) is 7.81. The van der Waals surface area contributed by atoms with Gasteiger partial charge in [0.15, 0.2) is 0 Å². The van der Waals surface area contributed by atoms with Crippen LogP contribution in [0.25, 0.3) is 0 Å². The molecule has 1 saturated carbocycles. The van der Waals surface area contributed by atoms with Gasteiger partial charge in [-0.25, -0.2) is 4.39 Å². The van der Waals surface area contributed by atoms with Crippen LogP contribution in [0, 0.1) is 5.82 Å². The Kier molecular flexibility index (Phi) is 6.06. The van der Waals surface area contributed by atoms with Crippen LogP contribution in [0.3, 0.4) is 0 Å². The fraction of sp³-hybridized carbons (Fsp3) is 0.684. The first-order valence-electron chi connectivity index (χ1n) is 8.55. The third kappa shape index (κ3) is 3.84. The average molecular weight is 276 g/mol. The Balaban J connectivity index is 2.21. The summed E-state index contributed by atoms with van der Waals surface area (Å²) >= 11 is 0. The molecular formula is C19H29F. The molecule has 0 radical (unpaired) electrons. The summed E-state index contributed by atoms with van der Waals surface area (Å²) in [5.41, 5.74) is 2.37. The molecule has 0 aliphatic heterocycles. The van der Waals surface area contributed by atoms with Crippen molar-refractivity contribution in [1.29, 1.82) is 0 Å². The standard InChI is InChI=1S/C19H29F/c1-3-8-15(9-4-2)17-12-13-19(20)18(14-17)16-10-6-5-7-11-16/h12-16H,3-11H2,1-2H3. The Morgan fingerprint density at radius 1 is 1.05 bits per heavy atom. The van der Waals surface area contributed by atoms with Crippen molar-refractivity contribution in [3.8, 4) is 0 Å². The molecule has 112 valence electrons. The van der Waals surface area contributed by atoms with E-state index in [9.17, 15) is 4.39 Å². The smallest absolute Gasteiger partial charge is 0.126 e. The first-order chi connectivity index (χ1) is 9.76. The molecule has 1 heteroatoms. The van der Waals surface area contributed by atoms with Crippen molar-refractivity contribution in [3.05, 3.63) is 35.1 Å². The molecule has 1 fully saturated rings. The molecule has 0 N–H and O–H groups in total. The minimum atomic E-state index is 0.0207. The van der Waals surface area contributed by atoms with E-state index >= 15 is 0 Å². The maximum absolute atomic E-state index is 14.2. The third-order valence-corrected chi connectivity index (χ3v) is 4.81. The highest BCUT2D eigenvalue weighted by Crippen LogP contribution is 2.36. The Hall–Kier alpha value is -0.850. The largest absolute Gasteiger partial charge is 0.207 e. The lowest BCUT2D eigenvalue weighted by atomic mass is 9.81. The van der Waals surface area contributed by atoms with Crippen LogP contribution in [0.2, 0.25) is 0 Å². The topological polar surface area (TPSA) is 0 Å². The van der Waals surface area contributed by atoms with Crippen LogP contribution in [-0.2, 0) is 0 Å². The molecule has 0 amide bonds. The van der Waals surface area contributed by atoms with E-state index in [0.29, 0.717) is 11.8 Å². The van der Waals surface area contributed by atoms with Gasteiger partial charge in [-0.05, 0) is 54.7 Å². The number of hydrogen-bond donors (Lipinski definition) is 0. The van der Waals surface area contributed by atoms with Crippen molar-refractivity contribution in [2.45, 2.75) is 83.5 Å². The van der Waals surface area contributed by atoms with Crippen LogP contribution in [0.5, 0.6) is 0 Å². The highest BCUT2D eigenvalue weighted by molar-refractivity contribution is 5.30. The third-order valence-electron chi connectivity index (χ3n) is 4.81. The van der Waals surface area contributed by atoms with Gasteiger partial charge in [-0.3, -0.25) is 0 Å². The quantitative estimate of drug-likeness (QED) is 0.552. The van der Waals surface area contributed by atoms with Crippen molar-refractivity contribution in [1.82, 2.24) is 0 Å². The first kappa shape index (κ1) is 15.5. The van der Waals surface area contributed by atoms with E-state index < -0.39 is 0 Å². The highest BCUT2D eigenvalue weighted by Gasteiger charge is 2.20. The predicted molar refractivity (Wildman–Crippen MR) is 84.8 cm³/mol. The normalized spacial score (nSPS) is 16.8. The van der Waals surface area contributed by atoms with Crippen molar-refractivity contribution in [2.24, 2.45) is 0 Å². The second-order valence-corrected chi connectivity index (χ2v) is 6.39. The maximum Gasteiger partial charge on any atom is 0.126 e. The number of rotatable bonds is 6. The second-order valence-electron chi connectivity index (χ2n) is 6.39. The summed E-state index contributed by atoms with van der Waals surface area (Å²) in [6, 6.07) is 5.94. The molecule has 0 saturated heterocycles. The van der Waals surface area contributed by atoms with Crippen LogP contribution < -0.4 is 0 Å². The van der Waals surface area contributed by atoms with Crippen molar-refractivity contribution in [2.75, 3.05) is 0 Å². The van der Waals surface area contributed by atoms with Crippen LogP contribution in [0.4, 0.5) is 4.39 Å². The lowest BCUT2D eigenvalue weighted by Gasteiger charge is -2.24. The van der Waals surface area contributed by atoms with E-state index in [2.05, 4.69) is 19.9 Å². The summed E-state index contributed by atoms with van der Waals surface area (Å²) in [5.74, 6) is 1.10. The Bertz CT molecular complexity index is 398. The van der Waals surface area contributed by atoms with E-state index in [0.717, 1.165) is 5.56 Å². The number of hydrogen-bond acceptors (Lipinski definition) is 0. The van der Waals surface area contributed by atoms with Gasteiger partial charge in [0.05, 0.1) is 0 Å². The van der Waals surface area contributed by atoms with Gasteiger partial charge >= 0.3 is 0 Å². The van der Waals surface area contributed by atoms with Gasteiger partial charge in [0.1, 0.15) is 5.82 Å². The van der Waals surface area contributed by atoms with Gasteiger partial charge in [0.2, 0.25) is 0 Å². The molecule has 1 aromatic carbocycles. The molecule has 1 aliphatic carbocycles. The fourth-order valence-electron chi connectivity index (χ4n) is 3.72. The first-order valence-corrected chi connectivity index (χ1v) is 8.55. The molecule has 0 spiro atoms. The zero-order valence-corrected chi connectivity index (χ0v) is 13.1. The van der Waals surface area contributed by atoms with Crippen molar-refractivity contribution in [3.63, 3.8) is 0 Å². The molecule has 20 heavy (non-hydrogen) atoms. The summed E-state index contributed by atoms with van der Waals surface area (Å²) in [5, 5.41) is 0. The van der Waals surface area contributed by atoms with Gasteiger partial charge in [-0.2, -0.15) is 0 Å². The van der Waals surface area contributed by atoms with Crippen LogP contribution in [0.1, 0.15) is 94.6 Å². The number of benzene rings is 1. The zero-order valence-electron chi connectivity index (χ0n) is 13.1. The van der Waals surface area contributed by atoms with Crippen molar-refractivity contribution < 1.29 is 4.39 Å². The molecule has 0 unspecified atom stereocenters. The number of halogens is 1. The Labute approximate surface area is 123 Å². The summed E-state index contributed by atoms with van der Waals surface area (Å²) < 4.78 is 14.2. The van der Waals surface area contributed by atoms with Gasteiger partial charge in [-0.1, -0.05) is 58.1 Å². The lowest BCUT2D eigenvalue weighted by Crippen LogP contribution is -2.08. The zero-order chi connectivity index (χ0) is 14.4. The van der Waals surface area contributed by atoms with Gasteiger partial charge in [-0.15, -0.1) is 0 Å². The van der Waals surface area contributed by atoms with E-state index in [4.69, 9.17) is 0 Å². The minimum Gasteiger partial charge on any atom is -0.207 e. The molecular weight excluding hydrogens is 247 g/mol. The van der Waals surface area contributed by atoms with E-state index in [1.807, 2.05) is 6.07 Å². The monoisotopic (exact) mass is 276 g/mol. The maximum atomic E-state index is 14.2. The van der Waals surface area contributed by atoms with E-state index in [1.54, 1.807) is 6.07 Å². The summed E-state index contributed by atoms with van der Waals surface area (Å²) in [7, 11) is 0. The van der Waals surface area contributed by atoms with Gasteiger partial charge in [0.25, 0.3) is 0 Å². The summed E-state index contributed by atoms with van der Waals surface area (Å²) in [6.45, 7) is 4.49. The Morgan fingerprint density at radius 2 is 1.70 bits per heavy atom. The molecule has 0 nitrogen and oxygen atoms in total. The SMILES string of the molecule is CCCC(CCC)c1ccc(F)c(C2CCCCC2)c1. The predicted octanol–water partition coefficient (Wildman–Crippen LogP) is 6.56. The summed E-state index contributed by atoms with van der Waals surface area (Å²) in [4.78, 5) is 0. The van der Waals surface area contributed by atoms with Crippen LogP contribution >= 0.6 is 0 Å². The molecule has 0 aromatic heterocycles. The Morgan fingerprint density at radius 3 is 2.30 bits per heavy atom. The lowest BCUT2D eigenvalue weighted by molar-refractivity contribution is 0.428. The molecule has 0 atom stereocenters. The highest BCUT2D eigenvalue weighted by atomic mass is 19.1. The van der Waals surface area contributed by atoms with Crippen molar-refractivity contribution >= 4 is 0 Å². The van der Waals surface area contributed by atoms with Crippen LogP contribution in [-0.4, -0.2) is 0 Å². The molecule has 2 rings (SSSR count). The molecule has 0 bridgehead atoms. The average Bonchev–Trinajstić information content (AvgIpc) is 2.48. The minimum absolute atomic E-state index is 0.0207. The summed E-state index contributed by atoms with van der Waals surface area (Å²) in [6.07, 6.45) is 11.1.